The van der Waals surface area contributed by atoms with Gasteiger partial charge in [0.15, 0.2) is 0 Å². The Balaban J connectivity index is 1.23. The Kier molecular flexibility index (Phi) is 4.73. The van der Waals surface area contributed by atoms with Gasteiger partial charge in [-0.25, -0.2) is 0 Å². The number of hydrogen-bond acceptors (Lipinski definition) is 3. The average molecular weight is 341 g/mol. The molecule has 3 aliphatic rings. The molecule has 134 valence electrons. The van der Waals surface area contributed by atoms with Crippen LogP contribution >= 0.6 is 0 Å². The van der Waals surface area contributed by atoms with Gasteiger partial charge in [0.2, 0.25) is 11.8 Å². The number of fused-ring (bicyclic) bond motifs is 1. The normalized spacial score (nSPS) is 29.0. The summed E-state index contributed by atoms with van der Waals surface area (Å²) in [5.41, 5.74) is 1.01. The predicted octanol–water partition coefficient (Wildman–Crippen LogP) is 2.37. The largest absolute Gasteiger partial charge is 0.352 e. The zero-order chi connectivity index (χ0) is 17.2. The van der Waals surface area contributed by atoms with E-state index in [1.165, 1.54) is 25.7 Å². The Hall–Kier alpha value is -1.91. The second kappa shape index (κ2) is 7.14. The maximum Gasteiger partial charge on any atom is 0.226 e. The fourth-order valence-corrected chi connectivity index (χ4v) is 4.77. The first kappa shape index (κ1) is 16.6. The summed E-state index contributed by atoms with van der Waals surface area (Å²) in [6.07, 6.45) is 10.2. The molecule has 0 aromatic carbocycles. The Morgan fingerprint density at radius 2 is 1.84 bits per heavy atom. The summed E-state index contributed by atoms with van der Waals surface area (Å²) in [4.78, 5) is 31.2. The van der Waals surface area contributed by atoms with E-state index < -0.39 is 0 Å². The van der Waals surface area contributed by atoms with Crippen LogP contribution in [0.15, 0.2) is 24.5 Å². The molecule has 0 spiro atoms. The molecule has 1 saturated heterocycles. The van der Waals surface area contributed by atoms with Gasteiger partial charge in [0.25, 0.3) is 0 Å². The van der Waals surface area contributed by atoms with Crippen molar-refractivity contribution in [2.24, 2.45) is 23.7 Å². The standard InChI is InChI=1S/C20H27N3O2/c24-19(22-13-14-4-3-9-21-12-14)15-7-10-23(11-8-15)20(25)18-16-5-1-2-6-17(16)18/h3-4,9,12,15-18H,1-2,5-8,10-11,13H2,(H,22,24)/t16-,17+,18?. The third kappa shape index (κ3) is 3.55. The van der Waals surface area contributed by atoms with Gasteiger partial charge in [-0.2, -0.15) is 0 Å². The zero-order valence-electron chi connectivity index (χ0n) is 14.7. The monoisotopic (exact) mass is 341 g/mol. The van der Waals surface area contributed by atoms with Gasteiger partial charge < -0.3 is 10.2 Å². The molecule has 4 rings (SSSR count). The Labute approximate surface area is 149 Å². The third-order valence-corrected chi connectivity index (χ3v) is 6.31. The molecule has 0 bridgehead atoms. The summed E-state index contributed by atoms with van der Waals surface area (Å²) < 4.78 is 0. The molecule has 2 saturated carbocycles. The van der Waals surface area contributed by atoms with Gasteiger partial charge in [0.1, 0.15) is 0 Å². The number of hydrogen-bond donors (Lipinski definition) is 1. The van der Waals surface area contributed by atoms with Gasteiger partial charge in [-0.15, -0.1) is 0 Å². The number of carbonyl (C=O) groups excluding carboxylic acids is 2. The lowest BCUT2D eigenvalue weighted by Gasteiger charge is -2.31. The summed E-state index contributed by atoms with van der Waals surface area (Å²) in [7, 11) is 0. The molecule has 0 radical (unpaired) electrons. The van der Waals surface area contributed by atoms with Gasteiger partial charge in [-0.1, -0.05) is 18.9 Å². The van der Waals surface area contributed by atoms with Crippen molar-refractivity contribution in [2.75, 3.05) is 13.1 Å². The summed E-state index contributed by atoms with van der Waals surface area (Å²) in [5.74, 6) is 2.14. The number of pyridine rings is 1. The minimum absolute atomic E-state index is 0.0298. The zero-order valence-corrected chi connectivity index (χ0v) is 14.7. The lowest BCUT2D eigenvalue weighted by atomic mass is 9.95. The van der Waals surface area contributed by atoms with Crippen molar-refractivity contribution >= 4 is 11.8 Å². The van der Waals surface area contributed by atoms with Crippen LogP contribution in [-0.4, -0.2) is 34.8 Å². The van der Waals surface area contributed by atoms with Crippen molar-refractivity contribution in [1.82, 2.24) is 15.2 Å². The highest BCUT2D eigenvalue weighted by Crippen LogP contribution is 2.56. The number of aromatic nitrogens is 1. The fraction of sp³-hybridized carbons (Fsp3) is 0.650. The SMILES string of the molecule is O=C(NCc1cccnc1)C1CCN(C(=O)C2[C@H]3CCCC[C@@H]23)CC1. The van der Waals surface area contributed by atoms with E-state index in [1.54, 1.807) is 12.4 Å². The quantitative estimate of drug-likeness (QED) is 0.914. The Morgan fingerprint density at radius 1 is 1.12 bits per heavy atom. The summed E-state index contributed by atoms with van der Waals surface area (Å²) in [6, 6.07) is 3.84. The van der Waals surface area contributed by atoms with E-state index in [-0.39, 0.29) is 11.8 Å². The van der Waals surface area contributed by atoms with Crippen molar-refractivity contribution in [2.45, 2.75) is 45.1 Å². The summed E-state index contributed by atoms with van der Waals surface area (Å²) >= 11 is 0. The molecule has 1 aromatic heterocycles. The second-order valence-corrected chi connectivity index (χ2v) is 7.82. The van der Waals surface area contributed by atoms with E-state index in [1.807, 2.05) is 17.0 Å². The van der Waals surface area contributed by atoms with E-state index in [4.69, 9.17) is 0 Å². The van der Waals surface area contributed by atoms with Crippen molar-refractivity contribution in [3.63, 3.8) is 0 Å². The molecular weight excluding hydrogens is 314 g/mol. The maximum absolute atomic E-state index is 12.7. The second-order valence-electron chi connectivity index (χ2n) is 7.82. The van der Waals surface area contributed by atoms with Crippen molar-refractivity contribution in [3.05, 3.63) is 30.1 Å². The summed E-state index contributed by atoms with van der Waals surface area (Å²) in [5, 5.41) is 3.01. The number of nitrogens with one attached hydrogen (secondary N) is 1. The van der Waals surface area contributed by atoms with E-state index in [0.29, 0.717) is 30.2 Å². The van der Waals surface area contributed by atoms with Crippen LogP contribution in [0.2, 0.25) is 0 Å². The minimum Gasteiger partial charge on any atom is -0.352 e. The average Bonchev–Trinajstić information content (AvgIpc) is 3.41. The third-order valence-electron chi connectivity index (χ3n) is 6.31. The molecule has 1 aliphatic heterocycles. The van der Waals surface area contributed by atoms with E-state index in [2.05, 4.69) is 10.3 Å². The number of rotatable bonds is 4. The molecule has 1 unspecified atom stereocenters. The summed E-state index contributed by atoms with van der Waals surface area (Å²) in [6.45, 7) is 2.00. The van der Waals surface area contributed by atoms with Gasteiger partial charge in [0, 0.05) is 43.9 Å². The van der Waals surface area contributed by atoms with E-state index in [9.17, 15) is 9.59 Å². The molecule has 1 N–H and O–H groups in total. The van der Waals surface area contributed by atoms with Crippen molar-refractivity contribution < 1.29 is 9.59 Å². The number of amides is 2. The van der Waals surface area contributed by atoms with Crippen LogP contribution in [-0.2, 0) is 16.1 Å². The van der Waals surface area contributed by atoms with Gasteiger partial charge in [0.05, 0.1) is 0 Å². The maximum atomic E-state index is 12.7. The van der Waals surface area contributed by atoms with Crippen LogP contribution in [0.4, 0.5) is 0 Å². The van der Waals surface area contributed by atoms with Gasteiger partial charge in [-0.3, -0.25) is 14.6 Å². The van der Waals surface area contributed by atoms with Crippen LogP contribution in [0.5, 0.6) is 0 Å². The molecular formula is C20H27N3O2. The van der Waals surface area contributed by atoms with Gasteiger partial charge in [-0.05, 0) is 49.1 Å². The Bertz CT molecular complexity index is 613. The first-order chi connectivity index (χ1) is 12.2. The molecule has 3 fully saturated rings. The minimum atomic E-state index is 0.0298. The van der Waals surface area contributed by atoms with Gasteiger partial charge >= 0.3 is 0 Å². The van der Waals surface area contributed by atoms with E-state index >= 15 is 0 Å². The molecule has 5 nitrogen and oxygen atoms in total. The highest BCUT2D eigenvalue weighted by Gasteiger charge is 2.55. The van der Waals surface area contributed by atoms with Crippen LogP contribution < -0.4 is 5.32 Å². The van der Waals surface area contributed by atoms with E-state index in [0.717, 1.165) is 31.5 Å². The topological polar surface area (TPSA) is 62.3 Å². The van der Waals surface area contributed by atoms with Crippen LogP contribution in [0, 0.1) is 23.7 Å². The molecule has 25 heavy (non-hydrogen) atoms. The van der Waals surface area contributed by atoms with Crippen molar-refractivity contribution in [1.29, 1.82) is 0 Å². The number of likely N-dealkylation sites (tertiary alicyclic amines) is 1. The van der Waals surface area contributed by atoms with Crippen LogP contribution in [0.3, 0.4) is 0 Å². The molecule has 2 aliphatic carbocycles. The van der Waals surface area contributed by atoms with Crippen LogP contribution in [0.1, 0.15) is 44.1 Å². The predicted molar refractivity (Wildman–Crippen MR) is 94.3 cm³/mol. The number of piperidine rings is 1. The number of nitrogens with zero attached hydrogens (tertiary/aromatic N) is 2. The molecule has 1 aromatic rings. The Morgan fingerprint density at radius 3 is 2.48 bits per heavy atom. The van der Waals surface area contributed by atoms with Crippen molar-refractivity contribution in [3.8, 4) is 0 Å². The molecule has 2 heterocycles. The highest BCUT2D eigenvalue weighted by molar-refractivity contribution is 5.83. The lowest BCUT2D eigenvalue weighted by molar-refractivity contribution is -0.137. The smallest absolute Gasteiger partial charge is 0.226 e. The molecule has 3 atom stereocenters. The molecule has 2 amide bonds. The lowest BCUT2D eigenvalue weighted by Crippen LogP contribution is -2.43. The number of carbonyl (C=O) groups is 2. The molecule has 5 heteroatoms. The fourth-order valence-electron chi connectivity index (χ4n) is 4.77. The first-order valence-corrected chi connectivity index (χ1v) is 9.69. The van der Waals surface area contributed by atoms with Crippen LogP contribution in [0.25, 0.3) is 0 Å². The first-order valence-electron chi connectivity index (χ1n) is 9.69. The highest BCUT2D eigenvalue weighted by atomic mass is 16.2.